The van der Waals surface area contributed by atoms with Gasteiger partial charge >= 0.3 is 0 Å². The largest absolute Gasteiger partial charge is 0.369 e. The normalized spacial score (nSPS) is 12.1. The number of amides is 1. The molecule has 0 radical (unpaired) electrons. The first-order chi connectivity index (χ1) is 10.0. The van der Waals surface area contributed by atoms with Gasteiger partial charge in [-0.05, 0) is 24.6 Å². The zero-order chi connectivity index (χ0) is 15.4. The molecule has 0 aliphatic rings. The number of benzene rings is 1. The van der Waals surface area contributed by atoms with E-state index in [0.717, 1.165) is 16.4 Å². The zero-order valence-corrected chi connectivity index (χ0v) is 13.2. The van der Waals surface area contributed by atoms with E-state index in [1.54, 1.807) is 19.2 Å². The minimum atomic E-state index is -0.360. The summed E-state index contributed by atoms with van der Waals surface area (Å²) in [5.74, 6) is -0.360. The number of thioether (sulfide) groups is 1. The van der Waals surface area contributed by atoms with Crippen molar-refractivity contribution in [2.75, 3.05) is 0 Å². The van der Waals surface area contributed by atoms with Crippen LogP contribution in [0.25, 0.3) is 11.3 Å². The number of carbonyl (C=O) groups is 1. The smallest absolute Gasteiger partial charge is 0.230 e. The fraction of sp³-hybridized carbons (Fsp3) is 0.200. The van der Waals surface area contributed by atoms with Gasteiger partial charge in [-0.25, -0.2) is 4.98 Å². The van der Waals surface area contributed by atoms with Gasteiger partial charge in [0.2, 0.25) is 5.91 Å². The van der Waals surface area contributed by atoms with E-state index in [-0.39, 0.29) is 11.2 Å². The Balaban J connectivity index is 2.38. The number of hydrogen-bond acceptors (Lipinski definition) is 3. The summed E-state index contributed by atoms with van der Waals surface area (Å²) in [7, 11) is 0. The molecule has 1 aromatic heterocycles. The molecule has 0 bridgehead atoms. The molecule has 4 nitrogen and oxygen atoms in total. The lowest BCUT2D eigenvalue weighted by Crippen LogP contribution is -2.23. The van der Waals surface area contributed by atoms with Gasteiger partial charge < -0.3 is 10.3 Å². The summed E-state index contributed by atoms with van der Waals surface area (Å²) in [5, 5.41) is 1.09. The van der Waals surface area contributed by atoms with Crippen molar-refractivity contribution in [2.45, 2.75) is 23.9 Å². The molecular weight excluding hydrogens is 306 g/mol. The van der Waals surface area contributed by atoms with Crippen LogP contribution in [0.15, 0.2) is 48.3 Å². The molecule has 0 aliphatic heterocycles. The molecule has 6 heteroatoms. The minimum Gasteiger partial charge on any atom is -0.369 e. The van der Waals surface area contributed by atoms with Gasteiger partial charge in [0.1, 0.15) is 0 Å². The van der Waals surface area contributed by atoms with Crippen LogP contribution in [0.4, 0.5) is 0 Å². The van der Waals surface area contributed by atoms with Crippen LogP contribution < -0.4 is 5.73 Å². The zero-order valence-electron chi connectivity index (χ0n) is 11.6. The van der Waals surface area contributed by atoms with Gasteiger partial charge in [0.25, 0.3) is 0 Å². The van der Waals surface area contributed by atoms with Gasteiger partial charge in [-0.3, -0.25) is 4.79 Å². The molecule has 21 heavy (non-hydrogen) atoms. The monoisotopic (exact) mass is 321 g/mol. The van der Waals surface area contributed by atoms with E-state index in [1.807, 2.05) is 28.8 Å². The number of nitrogens with two attached hydrogens (primary N) is 1. The van der Waals surface area contributed by atoms with Gasteiger partial charge in [0.15, 0.2) is 5.16 Å². The van der Waals surface area contributed by atoms with E-state index in [0.29, 0.717) is 11.6 Å². The fourth-order valence-corrected chi connectivity index (χ4v) is 2.80. The average molecular weight is 322 g/mol. The van der Waals surface area contributed by atoms with Crippen molar-refractivity contribution in [2.24, 2.45) is 5.73 Å². The van der Waals surface area contributed by atoms with Crippen LogP contribution in [0.2, 0.25) is 5.02 Å². The number of imidazole rings is 1. The molecule has 0 spiro atoms. The lowest BCUT2D eigenvalue weighted by atomic mass is 10.2. The Morgan fingerprint density at radius 2 is 2.19 bits per heavy atom. The van der Waals surface area contributed by atoms with Crippen molar-refractivity contribution in [1.82, 2.24) is 9.55 Å². The first kappa shape index (κ1) is 15.7. The van der Waals surface area contributed by atoms with Crippen molar-refractivity contribution in [3.05, 3.63) is 48.1 Å². The summed E-state index contributed by atoms with van der Waals surface area (Å²) in [6.07, 6.45) is 3.57. The summed E-state index contributed by atoms with van der Waals surface area (Å²) in [6.45, 7) is 6.14. The van der Waals surface area contributed by atoms with Crippen molar-refractivity contribution in [1.29, 1.82) is 0 Å². The maximum atomic E-state index is 11.2. The molecule has 0 aliphatic carbocycles. The van der Waals surface area contributed by atoms with Gasteiger partial charge in [-0.15, -0.1) is 6.58 Å². The number of halogens is 1. The van der Waals surface area contributed by atoms with Crippen molar-refractivity contribution in [3.8, 4) is 11.3 Å². The first-order valence-electron chi connectivity index (χ1n) is 6.41. The topological polar surface area (TPSA) is 60.9 Å². The molecule has 2 rings (SSSR count). The highest BCUT2D eigenvalue weighted by Gasteiger charge is 2.17. The van der Waals surface area contributed by atoms with Crippen molar-refractivity contribution in [3.63, 3.8) is 0 Å². The standard InChI is InChI=1S/C15H16ClN3OS/c1-3-8-19-13(11-4-6-12(16)7-5-11)9-18-15(19)21-10(2)14(17)20/h3-7,9-10H,1,8H2,2H3,(H2,17,20)/t10-/m0/s1. The second kappa shape index (κ2) is 6.83. The number of aromatic nitrogens is 2. The third-order valence-electron chi connectivity index (χ3n) is 2.95. The average Bonchev–Trinajstić information content (AvgIpc) is 2.83. The van der Waals surface area contributed by atoms with Crippen molar-refractivity contribution < 1.29 is 4.79 Å². The summed E-state index contributed by atoms with van der Waals surface area (Å²) >= 11 is 7.26. The third-order valence-corrected chi connectivity index (χ3v) is 4.33. The van der Waals surface area contributed by atoms with E-state index in [1.165, 1.54) is 11.8 Å². The highest BCUT2D eigenvalue weighted by molar-refractivity contribution is 8.00. The number of carbonyl (C=O) groups excluding carboxylic acids is 1. The van der Waals surface area contributed by atoms with Crippen molar-refractivity contribution >= 4 is 29.3 Å². The van der Waals surface area contributed by atoms with Crippen LogP contribution in [0.3, 0.4) is 0 Å². The highest BCUT2D eigenvalue weighted by atomic mass is 35.5. The SMILES string of the molecule is C=CCn1c(-c2ccc(Cl)cc2)cnc1S[C@@H](C)C(N)=O. The Morgan fingerprint density at radius 1 is 1.52 bits per heavy atom. The number of allylic oxidation sites excluding steroid dienone is 1. The molecule has 1 aromatic carbocycles. The van der Waals surface area contributed by atoms with Crippen LogP contribution in [0, 0.1) is 0 Å². The number of nitrogens with zero attached hydrogens (tertiary/aromatic N) is 2. The molecule has 0 unspecified atom stereocenters. The Bertz CT molecular complexity index is 651. The molecule has 1 heterocycles. The Morgan fingerprint density at radius 3 is 2.76 bits per heavy atom. The summed E-state index contributed by atoms with van der Waals surface area (Å²) in [5.41, 5.74) is 7.27. The third kappa shape index (κ3) is 3.68. The fourth-order valence-electron chi connectivity index (χ4n) is 1.83. The molecule has 0 saturated carbocycles. The minimum absolute atomic E-state index is 0.339. The predicted molar refractivity (Wildman–Crippen MR) is 87.4 cm³/mol. The van der Waals surface area contributed by atoms with E-state index in [4.69, 9.17) is 17.3 Å². The predicted octanol–water partition coefficient (Wildman–Crippen LogP) is 3.36. The lowest BCUT2D eigenvalue weighted by Gasteiger charge is -2.11. The van der Waals surface area contributed by atoms with Crippen LogP contribution in [-0.2, 0) is 11.3 Å². The van der Waals surface area contributed by atoms with Gasteiger partial charge in [-0.2, -0.15) is 0 Å². The van der Waals surface area contributed by atoms with E-state index < -0.39 is 0 Å². The molecular formula is C15H16ClN3OS. The number of hydrogen-bond donors (Lipinski definition) is 1. The van der Waals surface area contributed by atoms with E-state index >= 15 is 0 Å². The van der Waals surface area contributed by atoms with Crippen LogP contribution in [0.1, 0.15) is 6.92 Å². The molecule has 1 amide bonds. The first-order valence-corrected chi connectivity index (χ1v) is 7.67. The van der Waals surface area contributed by atoms with Crippen LogP contribution >= 0.6 is 23.4 Å². The number of primary amides is 1. The van der Waals surface area contributed by atoms with Gasteiger partial charge in [-0.1, -0.05) is 41.6 Å². The molecule has 2 aromatic rings. The van der Waals surface area contributed by atoms with Gasteiger partial charge in [0, 0.05) is 11.6 Å². The highest BCUT2D eigenvalue weighted by Crippen LogP contribution is 2.29. The van der Waals surface area contributed by atoms with E-state index in [2.05, 4.69) is 11.6 Å². The Hall–Kier alpha value is -1.72. The number of rotatable bonds is 6. The van der Waals surface area contributed by atoms with E-state index in [9.17, 15) is 4.79 Å². The Labute approximate surface area is 133 Å². The molecule has 0 saturated heterocycles. The quantitative estimate of drug-likeness (QED) is 0.655. The maximum absolute atomic E-state index is 11.2. The summed E-state index contributed by atoms with van der Waals surface area (Å²) < 4.78 is 2.00. The second-order valence-corrected chi connectivity index (χ2v) is 6.24. The Kier molecular flexibility index (Phi) is 5.09. The molecule has 110 valence electrons. The van der Waals surface area contributed by atoms with Crippen LogP contribution in [0.5, 0.6) is 0 Å². The molecule has 0 fully saturated rings. The lowest BCUT2D eigenvalue weighted by molar-refractivity contribution is -0.117. The summed E-state index contributed by atoms with van der Waals surface area (Å²) in [6, 6.07) is 7.54. The second-order valence-electron chi connectivity index (χ2n) is 4.49. The van der Waals surface area contributed by atoms with Crippen LogP contribution in [-0.4, -0.2) is 20.7 Å². The summed E-state index contributed by atoms with van der Waals surface area (Å²) in [4.78, 5) is 15.6. The molecule has 2 N–H and O–H groups in total. The van der Waals surface area contributed by atoms with Gasteiger partial charge in [0.05, 0.1) is 17.1 Å². The molecule has 1 atom stereocenters. The maximum Gasteiger partial charge on any atom is 0.230 e.